The van der Waals surface area contributed by atoms with Crippen molar-refractivity contribution in [2.75, 3.05) is 0 Å². The van der Waals surface area contributed by atoms with Crippen LogP contribution in [0.5, 0.6) is 0 Å². The van der Waals surface area contributed by atoms with Crippen LogP contribution >= 0.6 is 90.7 Å². The quantitative estimate of drug-likeness (QED) is 0.0468. The van der Waals surface area contributed by atoms with Gasteiger partial charge in [0, 0.05) is 101 Å². The first kappa shape index (κ1) is 65.6. The van der Waals surface area contributed by atoms with Gasteiger partial charge in [0.2, 0.25) is 0 Å². The Labute approximate surface area is 549 Å². The lowest BCUT2D eigenvalue weighted by Gasteiger charge is -2.19. The predicted molar refractivity (Wildman–Crippen MR) is 390 cm³/mol. The highest BCUT2D eigenvalue weighted by atomic mass is 32.1. The van der Waals surface area contributed by atoms with Gasteiger partial charge in [-0.2, -0.15) is 0 Å². The van der Waals surface area contributed by atoms with Gasteiger partial charge in [-0.15, -0.1) is 90.7 Å². The van der Waals surface area contributed by atoms with Gasteiger partial charge in [0.05, 0.1) is 20.9 Å². The van der Waals surface area contributed by atoms with E-state index in [-0.39, 0.29) is 22.4 Å². The van der Waals surface area contributed by atoms with Crippen molar-refractivity contribution < 1.29 is 9.59 Å². The van der Waals surface area contributed by atoms with Crippen molar-refractivity contribution in [3.05, 3.63) is 112 Å². The Kier molecular flexibility index (Phi) is 21.7. The minimum absolute atomic E-state index is 0.00562. The summed E-state index contributed by atoms with van der Waals surface area (Å²) in [7, 11) is 0. The minimum atomic E-state index is -0.0420. The van der Waals surface area contributed by atoms with Gasteiger partial charge in [-0.3, -0.25) is 9.59 Å². The molecular weight excluding hydrogens is 1200 g/mol. The second kappa shape index (κ2) is 28.5. The first-order valence-corrected chi connectivity index (χ1v) is 39.7. The van der Waals surface area contributed by atoms with Gasteiger partial charge in [0.1, 0.15) is 0 Å². The Morgan fingerprint density at radius 1 is 0.349 bits per heavy atom. The van der Waals surface area contributed by atoms with Gasteiger partial charge in [0.25, 0.3) is 0 Å². The summed E-state index contributed by atoms with van der Waals surface area (Å²) < 4.78 is 2.78. The van der Waals surface area contributed by atoms with Gasteiger partial charge in [-0.25, -0.2) is 0 Å². The van der Waals surface area contributed by atoms with Crippen LogP contribution in [0.2, 0.25) is 0 Å². The number of unbranched alkanes of at least 4 members (excludes halogenated alkanes) is 4. The fourth-order valence-corrected chi connectivity index (χ4v) is 23.3. The average Bonchev–Trinajstić information content (AvgIpc) is 1.91. The maximum atomic E-state index is 16.1. The lowest BCUT2D eigenvalue weighted by atomic mass is 9.81. The molecule has 0 amide bonds. The van der Waals surface area contributed by atoms with E-state index in [9.17, 15) is 0 Å². The fraction of sp³-hybridized carbons (Fsp3) is 0.526. The summed E-state index contributed by atoms with van der Waals surface area (Å²) in [5.74, 6) is 2.51. The molecule has 86 heavy (non-hydrogen) atoms. The largest absolute Gasteiger partial charge is 0.288 e. The zero-order valence-corrected chi connectivity index (χ0v) is 60.8. The number of ketones is 2. The highest BCUT2D eigenvalue weighted by molar-refractivity contribution is 7.31. The normalized spacial score (nSPS) is 14.5. The molecule has 8 heterocycles. The van der Waals surface area contributed by atoms with Crippen molar-refractivity contribution >= 4 is 122 Å². The smallest absolute Gasteiger partial charge is 0.197 e. The molecule has 1 aromatic carbocycles. The monoisotopic (exact) mass is 1300 g/mol. The van der Waals surface area contributed by atoms with Crippen molar-refractivity contribution in [3.63, 3.8) is 0 Å². The molecule has 4 unspecified atom stereocenters. The van der Waals surface area contributed by atoms with Crippen LogP contribution in [0.25, 0.3) is 70.3 Å². The molecule has 0 spiro atoms. The number of fused-ring (bicyclic) bond motifs is 4. The molecule has 8 aromatic heterocycles. The third kappa shape index (κ3) is 13.8. The van der Waals surface area contributed by atoms with E-state index >= 15 is 9.59 Å². The van der Waals surface area contributed by atoms with Gasteiger partial charge in [0.15, 0.2) is 11.6 Å². The molecule has 1 aliphatic carbocycles. The maximum absolute atomic E-state index is 16.1. The molecule has 1 aliphatic rings. The first-order valence-electron chi connectivity index (χ1n) is 33.2. The van der Waals surface area contributed by atoms with Crippen LogP contribution in [0.4, 0.5) is 0 Å². The number of hydrogen-bond donors (Lipinski definition) is 0. The molecule has 0 bridgehead atoms. The third-order valence-electron chi connectivity index (χ3n) is 18.6. The standard InChI is InChI=1S/C76H96O2S8/c1-15-23-27-45(19-5)39-49-31-33-54(79-49)63-51-43-58(84-71(51)64(52-44-62(76(12,13)14)85-72(52)63)55-34-32-50(80-55)40-46(20-6)28-24-16-2)53-35-36-56(81-53)73-67-68(74(86-73)57-37-38-61(83-57)75(9,10)11)70(78)66-60(42-48(22-8)30-26-18-4)82-59(65(66)69(67)77)41-47(21-7)29-25-17-3/h31-38,43-48H,15-30,39-42H2,1-14H3. The van der Waals surface area contributed by atoms with Gasteiger partial charge in [-0.1, -0.05) is 200 Å². The van der Waals surface area contributed by atoms with E-state index in [2.05, 4.69) is 158 Å². The van der Waals surface area contributed by atoms with E-state index in [0.717, 1.165) is 105 Å². The van der Waals surface area contributed by atoms with E-state index < -0.39 is 0 Å². The molecular formula is C76H96O2S8. The summed E-state index contributed by atoms with van der Waals surface area (Å²) in [6.45, 7) is 32.5. The first-order chi connectivity index (χ1) is 41.4. The highest BCUT2D eigenvalue weighted by Crippen LogP contribution is 2.57. The molecule has 9 aromatic rings. The van der Waals surface area contributed by atoms with Crippen LogP contribution in [-0.2, 0) is 36.5 Å². The van der Waals surface area contributed by atoms with Crippen molar-refractivity contribution in [3.8, 4) is 50.1 Å². The number of rotatable bonds is 29. The molecule has 0 radical (unpaired) electrons. The Bertz CT molecular complexity index is 3660. The maximum Gasteiger partial charge on any atom is 0.197 e. The number of thiophene rings is 8. The molecule has 0 aliphatic heterocycles. The SMILES string of the molecule is CCCCC(CC)Cc1ccc(-c2c3cc(C(C)(C)C)sc3c(-c3ccc(CC(CC)CCCC)s3)c3cc(-c4ccc(-c5sc(-c6ccc(C(C)(C)C)s6)c6c5C(=O)c5c(CC(CC)CCCC)sc(CC(CC)CCCC)c5C6=O)s4)sc23)s1. The summed E-state index contributed by atoms with van der Waals surface area (Å²) in [4.78, 5) is 49.5. The Hall–Kier alpha value is -3.32. The fourth-order valence-electron chi connectivity index (χ4n) is 13.1. The van der Waals surface area contributed by atoms with E-state index in [1.54, 1.807) is 22.7 Å². The molecule has 0 saturated carbocycles. The van der Waals surface area contributed by atoms with Gasteiger partial charge < -0.3 is 0 Å². The lowest BCUT2D eigenvalue weighted by molar-refractivity contribution is 0.0980. The Balaban J connectivity index is 1.16. The molecule has 4 atom stereocenters. The van der Waals surface area contributed by atoms with Crippen LogP contribution in [0.3, 0.4) is 0 Å². The van der Waals surface area contributed by atoms with E-state index in [1.165, 1.54) is 135 Å². The minimum Gasteiger partial charge on any atom is -0.288 e. The van der Waals surface area contributed by atoms with E-state index in [0.29, 0.717) is 34.8 Å². The number of benzene rings is 1. The molecule has 0 saturated heterocycles. The van der Waals surface area contributed by atoms with Crippen molar-refractivity contribution in [1.29, 1.82) is 0 Å². The summed E-state index contributed by atoms with van der Waals surface area (Å²) in [6.07, 6.45) is 23.2. The Morgan fingerprint density at radius 3 is 1.20 bits per heavy atom. The van der Waals surface area contributed by atoms with Gasteiger partial charge in [-0.05, 0) is 121 Å². The second-order valence-corrected chi connectivity index (χ2v) is 36.0. The predicted octanol–water partition coefficient (Wildman–Crippen LogP) is 27.2. The number of hydrogen-bond acceptors (Lipinski definition) is 10. The topological polar surface area (TPSA) is 34.1 Å². The van der Waals surface area contributed by atoms with Gasteiger partial charge >= 0.3 is 0 Å². The molecule has 0 fully saturated rings. The lowest BCUT2D eigenvalue weighted by Crippen LogP contribution is -2.22. The van der Waals surface area contributed by atoms with Crippen LogP contribution in [0.15, 0.2) is 60.7 Å². The Morgan fingerprint density at radius 2 is 0.756 bits per heavy atom. The van der Waals surface area contributed by atoms with Crippen LogP contribution in [0.1, 0.15) is 261 Å². The summed E-state index contributed by atoms with van der Waals surface area (Å²) >= 11 is 15.1. The van der Waals surface area contributed by atoms with Crippen molar-refractivity contribution in [2.45, 2.75) is 236 Å². The zero-order chi connectivity index (χ0) is 61.2. The third-order valence-corrected chi connectivity index (χ3v) is 29.2. The summed E-state index contributed by atoms with van der Waals surface area (Å²) in [5, 5.41) is 2.74. The van der Waals surface area contributed by atoms with Crippen LogP contribution in [-0.4, -0.2) is 11.6 Å². The number of carbonyl (C=O) groups is 2. The summed E-state index contributed by atoms with van der Waals surface area (Å²) in [5.41, 5.74) is 5.50. The highest BCUT2D eigenvalue weighted by Gasteiger charge is 2.42. The van der Waals surface area contributed by atoms with E-state index in [4.69, 9.17) is 0 Å². The van der Waals surface area contributed by atoms with Crippen LogP contribution in [0, 0.1) is 23.7 Å². The van der Waals surface area contributed by atoms with Crippen molar-refractivity contribution in [2.24, 2.45) is 23.7 Å². The summed E-state index contributed by atoms with van der Waals surface area (Å²) in [6, 6.07) is 24.0. The molecule has 0 N–H and O–H groups in total. The average molecular weight is 1300 g/mol. The number of carbonyl (C=O) groups excluding carboxylic acids is 2. The molecule has 10 heteroatoms. The zero-order valence-electron chi connectivity index (χ0n) is 54.3. The van der Waals surface area contributed by atoms with Crippen molar-refractivity contribution in [1.82, 2.24) is 0 Å². The van der Waals surface area contributed by atoms with E-state index in [1.807, 2.05) is 68.0 Å². The van der Waals surface area contributed by atoms with Crippen LogP contribution < -0.4 is 0 Å². The second-order valence-electron chi connectivity index (χ2n) is 27.2. The molecule has 10 rings (SSSR count). The molecule has 2 nitrogen and oxygen atoms in total. The molecule has 460 valence electrons.